The largest absolute Gasteiger partial charge is 0.350 e. The number of hydrogen-bond acceptors (Lipinski definition) is 4. The van der Waals surface area contributed by atoms with Gasteiger partial charge in [0.05, 0.1) is 4.90 Å². The zero-order valence-electron chi connectivity index (χ0n) is 25.3. The lowest BCUT2D eigenvalue weighted by atomic mass is 10.0. The third-order valence-electron chi connectivity index (χ3n) is 7.88. The molecular formula is C36H38ClN3O4S. The Morgan fingerprint density at radius 3 is 2.09 bits per heavy atom. The summed E-state index contributed by atoms with van der Waals surface area (Å²) in [5.74, 6) is -0.414. The maximum atomic E-state index is 14.0. The summed E-state index contributed by atoms with van der Waals surface area (Å²) in [4.78, 5) is 29.7. The lowest BCUT2D eigenvalue weighted by Gasteiger charge is -2.32. The second-order valence-corrected chi connectivity index (χ2v) is 13.7. The normalized spacial score (nSPS) is 13.6. The van der Waals surface area contributed by atoms with E-state index in [1.807, 2.05) is 73.7 Å². The van der Waals surface area contributed by atoms with Gasteiger partial charge in [0.2, 0.25) is 21.8 Å². The lowest BCUT2D eigenvalue weighted by Crippen LogP contribution is -2.50. The van der Waals surface area contributed by atoms with Crippen molar-refractivity contribution in [2.45, 2.75) is 69.1 Å². The van der Waals surface area contributed by atoms with Crippen LogP contribution in [0.2, 0.25) is 5.02 Å². The van der Waals surface area contributed by atoms with Crippen molar-refractivity contribution in [3.63, 3.8) is 0 Å². The molecule has 1 saturated carbocycles. The van der Waals surface area contributed by atoms with Crippen LogP contribution in [0.15, 0.2) is 108 Å². The Bertz CT molecular complexity index is 1690. The van der Waals surface area contributed by atoms with Gasteiger partial charge in [0, 0.05) is 37.0 Å². The van der Waals surface area contributed by atoms with Gasteiger partial charge in [0.15, 0.2) is 0 Å². The highest BCUT2D eigenvalue weighted by Crippen LogP contribution is 2.23. The molecule has 0 radical (unpaired) electrons. The summed E-state index contributed by atoms with van der Waals surface area (Å²) >= 11 is 6.14. The van der Waals surface area contributed by atoms with Crippen molar-refractivity contribution in [2.24, 2.45) is 0 Å². The number of carbonyl (C=O) groups is 2. The minimum absolute atomic E-state index is 0.0249. The van der Waals surface area contributed by atoms with Gasteiger partial charge in [0.25, 0.3) is 0 Å². The van der Waals surface area contributed by atoms with E-state index < -0.39 is 16.1 Å². The van der Waals surface area contributed by atoms with E-state index in [1.165, 1.54) is 0 Å². The van der Waals surface area contributed by atoms with Gasteiger partial charge in [-0.05, 0) is 72.7 Å². The van der Waals surface area contributed by atoms with Crippen molar-refractivity contribution in [3.8, 4) is 0 Å². The van der Waals surface area contributed by atoms with E-state index in [0.29, 0.717) is 24.4 Å². The van der Waals surface area contributed by atoms with E-state index in [1.54, 1.807) is 41.3 Å². The number of carbonyl (C=O) groups excluding carboxylic acids is 2. The molecule has 0 aromatic heterocycles. The molecule has 1 aliphatic carbocycles. The fourth-order valence-corrected chi connectivity index (χ4v) is 6.50. The summed E-state index contributed by atoms with van der Waals surface area (Å²) in [5, 5.41) is 3.65. The van der Waals surface area contributed by atoms with Gasteiger partial charge in [0.1, 0.15) is 6.04 Å². The summed E-state index contributed by atoms with van der Waals surface area (Å²) in [6.45, 7) is 2.59. The molecule has 4 aromatic carbocycles. The molecule has 0 heterocycles. The highest BCUT2D eigenvalue weighted by molar-refractivity contribution is 7.89. The summed E-state index contributed by atoms with van der Waals surface area (Å²) in [5.41, 5.74) is 4.75. The van der Waals surface area contributed by atoms with Crippen LogP contribution >= 0.6 is 11.6 Å². The van der Waals surface area contributed by atoms with Crippen molar-refractivity contribution in [1.29, 1.82) is 0 Å². The zero-order chi connectivity index (χ0) is 31.8. The average Bonchev–Trinajstić information content (AvgIpc) is 3.86. The Balaban J connectivity index is 1.36. The fraction of sp³-hybridized carbons (Fsp3) is 0.278. The average molecular weight is 644 g/mol. The molecule has 0 aliphatic heterocycles. The predicted molar refractivity (Wildman–Crippen MR) is 177 cm³/mol. The first kappa shape index (κ1) is 32.4. The Morgan fingerprint density at radius 2 is 1.44 bits per heavy atom. The molecule has 9 heteroatoms. The lowest BCUT2D eigenvalue weighted by molar-refractivity contribution is -0.141. The van der Waals surface area contributed by atoms with Crippen LogP contribution in [0.4, 0.5) is 0 Å². The molecule has 1 fully saturated rings. The Labute approximate surface area is 270 Å². The van der Waals surface area contributed by atoms with Crippen LogP contribution in [0.3, 0.4) is 0 Å². The van der Waals surface area contributed by atoms with Crippen molar-refractivity contribution < 1.29 is 18.0 Å². The van der Waals surface area contributed by atoms with Crippen molar-refractivity contribution in [2.75, 3.05) is 0 Å². The maximum absolute atomic E-state index is 14.0. The standard InChI is InChI=1S/C36H38ClN3O4S/c1-26-7-9-29(10-8-26)24-38-36(42)34(23-28-5-3-2-4-6-28)40(25-30-11-16-31(37)17-12-30)35(41)22-15-27-13-20-33(21-14-27)45(43,44)39-32-18-19-32/h2-14,16-17,20-21,32,34,39H,15,18-19,22-25H2,1H3,(H,38,42). The predicted octanol–water partition coefficient (Wildman–Crippen LogP) is 5.98. The van der Waals surface area contributed by atoms with Crippen molar-refractivity contribution in [1.82, 2.24) is 14.9 Å². The first-order valence-electron chi connectivity index (χ1n) is 15.2. The van der Waals surface area contributed by atoms with Crippen molar-refractivity contribution in [3.05, 3.63) is 136 Å². The van der Waals surface area contributed by atoms with Crippen LogP contribution in [0.25, 0.3) is 0 Å². The summed E-state index contributed by atoms with van der Waals surface area (Å²) < 4.78 is 27.8. The number of aryl methyl sites for hydroxylation is 2. The first-order chi connectivity index (χ1) is 21.7. The summed E-state index contributed by atoms with van der Waals surface area (Å²) in [6, 6.07) is 30.8. The van der Waals surface area contributed by atoms with E-state index in [4.69, 9.17) is 11.6 Å². The molecule has 4 aromatic rings. The fourth-order valence-electron chi connectivity index (χ4n) is 5.07. The number of nitrogens with zero attached hydrogens (tertiary/aromatic N) is 1. The number of amides is 2. The van der Waals surface area contributed by atoms with Gasteiger partial charge in [-0.1, -0.05) is 96.0 Å². The van der Waals surface area contributed by atoms with Crippen LogP contribution in [0.1, 0.15) is 47.1 Å². The van der Waals surface area contributed by atoms with Crippen LogP contribution in [0.5, 0.6) is 0 Å². The molecule has 0 spiro atoms. The number of rotatable bonds is 14. The van der Waals surface area contributed by atoms with Crippen LogP contribution in [0, 0.1) is 6.92 Å². The Morgan fingerprint density at radius 1 is 0.822 bits per heavy atom. The monoisotopic (exact) mass is 643 g/mol. The topological polar surface area (TPSA) is 95.6 Å². The highest BCUT2D eigenvalue weighted by Gasteiger charge is 2.31. The molecule has 1 atom stereocenters. The van der Waals surface area contributed by atoms with Crippen LogP contribution in [-0.4, -0.2) is 37.2 Å². The van der Waals surface area contributed by atoms with Gasteiger partial charge in [-0.15, -0.1) is 0 Å². The minimum Gasteiger partial charge on any atom is -0.350 e. The number of benzene rings is 4. The molecule has 5 rings (SSSR count). The SMILES string of the molecule is Cc1ccc(CNC(=O)C(Cc2ccccc2)N(Cc2ccc(Cl)cc2)C(=O)CCc2ccc(S(=O)(=O)NC3CC3)cc2)cc1. The molecule has 234 valence electrons. The molecule has 0 bridgehead atoms. The molecule has 7 nitrogen and oxygen atoms in total. The number of hydrogen-bond donors (Lipinski definition) is 2. The summed E-state index contributed by atoms with van der Waals surface area (Å²) in [6.07, 6.45) is 2.62. The molecule has 1 unspecified atom stereocenters. The van der Waals surface area contributed by atoms with E-state index in [2.05, 4.69) is 10.0 Å². The van der Waals surface area contributed by atoms with E-state index >= 15 is 0 Å². The molecule has 2 amide bonds. The first-order valence-corrected chi connectivity index (χ1v) is 17.0. The van der Waals surface area contributed by atoms with E-state index in [0.717, 1.165) is 40.7 Å². The summed E-state index contributed by atoms with van der Waals surface area (Å²) in [7, 11) is -3.55. The van der Waals surface area contributed by atoms with E-state index in [9.17, 15) is 18.0 Å². The van der Waals surface area contributed by atoms with Gasteiger partial charge in [-0.25, -0.2) is 13.1 Å². The quantitative estimate of drug-likeness (QED) is 0.177. The van der Waals surface area contributed by atoms with Crippen molar-refractivity contribution >= 4 is 33.4 Å². The maximum Gasteiger partial charge on any atom is 0.243 e. The molecular weight excluding hydrogens is 606 g/mol. The number of sulfonamides is 1. The highest BCUT2D eigenvalue weighted by atomic mass is 35.5. The smallest absolute Gasteiger partial charge is 0.243 e. The Kier molecular flexibility index (Phi) is 10.7. The van der Waals surface area contributed by atoms with Gasteiger partial charge >= 0.3 is 0 Å². The number of halogens is 1. The zero-order valence-corrected chi connectivity index (χ0v) is 26.9. The van der Waals surface area contributed by atoms with Crippen LogP contribution < -0.4 is 10.0 Å². The van der Waals surface area contributed by atoms with E-state index in [-0.39, 0.29) is 35.7 Å². The van der Waals surface area contributed by atoms with Crippen LogP contribution in [-0.2, 0) is 45.5 Å². The second kappa shape index (κ2) is 14.9. The third-order valence-corrected chi connectivity index (χ3v) is 9.67. The van der Waals surface area contributed by atoms with Gasteiger partial charge in [-0.3, -0.25) is 9.59 Å². The van der Waals surface area contributed by atoms with Gasteiger partial charge < -0.3 is 10.2 Å². The third kappa shape index (κ3) is 9.50. The number of nitrogens with one attached hydrogen (secondary N) is 2. The Hall–Kier alpha value is -3.98. The second-order valence-electron chi connectivity index (χ2n) is 11.6. The minimum atomic E-state index is -3.55. The molecule has 0 saturated heterocycles. The van der Waals surface area contributed by atoms with Gasteiger partial charge in [-0.2, -0.15) is 0 Å². The molecule has 1 aliphatic rings. The molecule has 45 heavy (non-hydrogen) atoms. The molecule has 2 N–H and O–H groups in total.